The van der Waals surface area contributed by atoms with E-state index < -0.39 is 0 Å². The van der Waals surface area contributed by atoms with Gasteiger partial charge in [-0.05, 0) is 32.0 Å². The summed E-state index contributed by atoms with van der Waals surface area (Å²) in [5.41, 5.74) is 5.35. The van der Waals surface area contributed by atoms with Crippen LogP contribution < -0.4 is 20.5 Å². The van der Waals surface area contributed by atoms with Crippen LogP contribution in [-0.2, 0) is 0 Å². The normalized spacial score (nSPS) is 16.8. The Morgan fingerprint density at radius 3 is 2.82 bits per heavy atom. The Morgan fingerprint density at radius 2 is 2.18 bits per heavy atom. The third-order valence-electron chi connectivity index (χ3n) is 2.67. The van der Waals surface area contributed by atoms with Gasteiger partial charge in [-0.1, -0.05) is 0 Å². The quantitative estimate of drug-likeness (QED) is 0.782. The number of nitrogens with one attached hydrogen (secondary N) is 1. The largest absolute Gasteiger partial charge is 0.489 e. The average molecular weight is 237 g/mol. The zero-order valence-electron chi connectivity index (χ0n) is 9.89. The summed E-state index contributed by atoms with van der Waals surface area (Å²) < 4.78 is 11.1. The van der Waals surface area contributed by atoms with Gasteiger partial charge in [0.2, 0.25) is 5.88 Å². The standard InChI is InChI=1S/C12H19N3O2/c13-5-8-16-12-2-1-11(9-15-12)17-10-3-6-14-7-4-10/h1-2,9-10,14H,3-8,13H2. The first-order valence-corrected chi connectivity index (χ1v) is 6.05. The van der Waals surface area contributed by atoms with Crippen LogP contribution in [0.15, 0.2) is 18.3 Å². The molecule has 0 radical (unpaired) electrons. The fourth-order valence-corrected chi connectivity index (χ4v) is 1.79. The molecule has 0 atom stereocenters. The van der Waals surface area contributed by atoms with Crippen LogP contribution in [0.2, 0.25) is 0 Å². The topological polar surface area (TPSA) is 69.4 Å². The van der Waals surface area contributed by atoms with Gasteiger partial charge in [0.25, 0.3) is 0 Å². The molecule has 5 nitrogen and oxygen atoms in total. The van der Waals surface area contributed by atoms with Crippen LogP contribution in [0.25, 0.3) is 0 Å². The molecule has 0 aromatic carbocycles. The molecule has 0 spiro atoms. The van der Waals surface area contributed by atoms with Crippen molar-refractivity contribution >= 4 is 0 Å². The van der Waals surface area contributed by atoms with Crippen molar-refractivity contribution in [2.75, 3.05) is 26.2 Å². The van der Waals surface area contributed by atoms with Crippen molar-refractivity contribution in [3.63, 3.8) is 0 Å². The molecule has 1 aromatic rings. The van der Waals surface area contributed by atoms with E-state index in [0.29, 0.717) is 25.1 Å². The van der Waals surface area contributed by atoms with Crippen LogP contribution in [0.1, 0.15) is 12.8 Å². The lowest BCUT2D eigenvalue weighted by Gasteiger charge is -2.23. The van der Waals surface area contributed by atoms with Crippen LogP contribution in [0.3, 0.4) is 0 Å². The lowest BCUT2D eigenvalue weighted by Crippen LogP contribution is -2.34. The number of nitrogens with two attached hydrogens (primary N) is 1. The van der Waals surface area contributed by atoms with Crippen LogP contribution in [-0.4, -0.2) is 37.3 Å². The minimum atomic E-state index is 0.300. The summed E-state index contributed by atoms with van der Waals surface area (Å²) in [5.74, 6) is 1.39. The molecule has 0 amide bonds. The van der Waals surface area contributed by atoms with Gasteiger partial charge in [-0.15, -0.1) is 0 Å². The second-order valence-electron chi connectivity index (χ2n) is 4.04. The van der Waals surface area contributed by atoms with E-state index in [2.05, 4.69) is 10.3 Å². The summed E-state index contributed by atoms with van der Waals surface area (Å²) in [7, 11) is 0. The maximum atomic E-state index is 5.83. The van der Waals surface area contributed by atoms with E-state index >= 15 is 0 Å². The first-order chi connectivity index (χ1) is 8.38. The lowest BCUT2D eigenvalue weighted by atomic mass is 10.1. The molecule has 1 aliphatic heterocycles. The van der Waals surface area contributed by atoms with Gasteiger partial charge in [0.05, 0.1) is 6.20 Å². The minimum Gasteiger partial charge on any atom is -0.489 e. The number of nitrogens with zero attached hydrogens (tertiary/aromatic N) is 1. The molecule has 1 saturated heterocycles. The maximum absolute atomic E-state index is 5.83. The average Bonchev–Trinajstić information content (AvgIpc) is 2.39. The Kier molecular flexibility index (Phi) is 4.58. The smallest absolute Gasteiger partial charge is 0.213 e. The number of ether oxygens (including phenoxy) is 2. The fraction of sp³-hybridized carbons (Fsp3) is 0.583. The molecule has 17 heavy (non-hydrogen) atoms. The molecule has 2 heterocycles. The zero-order valence-corrected chi connectivity index (χ0v) is 9.89. The van der Waals surface area contributed by atoms with Crippen LogP contribution >= 0.6 is 0 Å². The van der Waals surface area contributed by atoms with Gasteiger partial charge in [-0.2, -0.15) is 0 Å². The second kappa shape index (κ2) is 6.42. The lowest BCUT2D eigenvalue weighted by molar-refractivity contribution is 0.161. The molecule has 94 valence electrons. The third-order valence-corrected chi connectivity index (χ3v) is 2.67. The Bertz CT molecular complexity index is 323. The highest BCUT2D eigenvalue weighted by atomic mass is 16.5. The molecule has 0 aliphatic carbocycles. The van der Waals surface area contributed by atoms with Crippen LogP contribution in [0.4, 0.5) is 0 Å². The maximum Gasteiger partial charge on any atom is 0.213 e. The number of rotatable bonds is 5. The van der Waals surface area contributed by atoms with Gasteiger partial charge in [-0.25, -0.2) is 4.98 Å². The van der Waals surface area contributed by atoms with E-state index in [9.17, 15) is 0 Å². The summed E-state index contributed by atoms with van der Waals surface area (Å²) in [5, 5.41) is 3.31. The van der Waals surface area contributed by atoms with Gasteiger partial charge in [0.1, 0.15) is 18.5 Å². The van der Waals surface area contributed by atoms with Crippen LogP contribution in [0.5, 0.6) is 11.6 Å². The number of aromatic nitrogens is 1. The SMILES string of the molecule is NCCOc1ccc(OC2CCNCC2)cn1. The molecule has 0 bridgehead atoms. The monoisotopic (exact) mass is 237 g/mol. The minimum absolute atomic E-state index is 0.300. The first kappa shape index (κ1) is 12.1. The van der Waals surface area contributed by atoms with Crippen LogP contribution in [0, 0.1) is 0 Å². The van der Waals surface area contributed by atoms with Crippen molar-refractivity contribution < 1.29 is 9.47 Å². The molecule has 1 fully saturated rings. The fourth-order valence-electron chi connectivity index (χ4n) is 1.79. The van der Waals surface area contributed by atoms with Gasteiger partial charge in [0, 0.05) is 12.6 Å². The van der Waals surface area contributed by atoms with Crippen molar-refractivity contribution in [1.29, 1.82) is 0 Å². The Hall–Kier alpha value is -1.33. The van der Waals surface area contributed by atoms with E-state index in [1.54, 1.807) is 6.20 Å². The summed E-state index contributed by atoms with van der Waals surface area (Å²) in [4.78, 5) is 4.16. The summed E-state index contributed by atoms with van der Waals surface area (Å²) >= 11 is 0. The van der Waals surface area contributed by atoms with Crippen molar-refractivity contribution in [3.8, 4) is 11.6 Å². The van der Waals surface area contributed by atoms with E-state index in [1.165, 1.54) is 0 Å². The molecule has 3 N–H and O–H groups in total. The highest BCUT2D eigenvalue weighted by Gasteiger charge is 2.14. The molecule has 0 unspecified atom stereocenters. The van der Waals surface area contributed by atoms with E-state index in [0.717, 1.165) is 31.7 Å². The van der Waals surface area contributed by atoms with Crippen molar-refractivity contribution in [1.82, 2.24) is 10.3 Å². The van der Waals surface area contributed by atoms with E-state index in [4.69, 9.17) is 15.2 Å². The van der Waals surface area contributed by atoms with Gasteiger partial charge in [-0.3, -0.25) is 0 Å². The number of hydrogen-bond donors (Lipinski definition) is 2. The number of piperidine rings is 1. The highest BCUT2D eigenvalue weighted by molar-refractivity contribution is 5.23. The molecule has 5 heteroatoms. The summed E-state index contributed by atoms with van der Waals surface area (Å²) in [6.07, 6.45) is 4.10. The van der Waals surface area contributed by atoms with Gasteiger partial charge in [0.15, 0.2) is 0 Å². The van der Waals surface area contributed by atoms with Gasteiger partial charge >= 0.3 is 0 Å². The number of hydrogen-bond acceptors (Lipinski definition) is 5. The molecule has 1 aliphatic rings. The zero-order chi connectivity index (χ0) is 11.9. The Morgan fingerprint density at radius 1 is 1.35 bits per heavy atom. The highest BCUT2D eigenvalue weighted by Crippen LogP contribution is 2.17. The number of pyridine rings is 1. The predicted octanol–water partition coefficient (Wildman–Crippen LogP) is 0.550. The first-order valence-electron chi connectivity index (χ1n) is 6.05. The van der Waals surface area contributed by atoms with E-state index in [1.807, 2.05) is 12.1 Å². The van der Waals surface area contributed by atoms with Crippen molar-refractivity contribution in [3.05, 3.63) is 18.3 Å². The molecule has 1 aromatic heterocycles. The van der Waals surface area contributed by atoms with Crippen molar-refractivity contribution in [2.24, 2.45) is 5.73 Å². The summed E-state index contributed by atoms with van der Waals surface area (Å²) in [6.45, 7) is 3.03. The third kappa shape index (κ3) is 3.87. The van der Waals surface area contributed by atoms with E-state index in [-0.39, 0.29) is 0 Å². The van der Waals surface area contributed by atoms with Gasteiger partial charge < -0.3 is 20.5 Å². The Balaban J connectivity index is 1.84. The molecular formula is C12H19N3O2. The molecule has 2 rings (SSSR count). The molecule has 0 saturated carbocycles. The Labute approximate surface area is 101 Å². The summed E-state index contributed by atoms with van der Waals surface area (Å²) in [6, 6.07) is 3.70. The second-order valence-corrected chi connectivity index (χ2v) is 4.04. The predicted molar refractivity (Wildman–Crippen MR) is 65.3 cm³/mol. The van der Waals surface area contributed by atoms with Crippen molar-refractivity contribution in [2.45, 2.75) is 18.9 Å². The molecular weight excluding hydrogens is 218 g/mol.